The van der Waals surface area contributed by atoms with E-state index in [-0.39, 0.29) is 31.2 Å². The van der Waals surface area contributed by atoms with Crippen LogP contribution in [0, 0.1) is 0 Å². The number of amides is 1. The van der Waals surface area contributed by atoms with Crippen molar-refractivity contribution in [1.29, 1.82) is 0 Å². The van der Waals surface area contributed by atoms with E-state index in [1.807, 2.05) is 0 Å². The van der Waals surface area contributed by atoms with Crippen molar-refractivity contribution in [2.45, 2.75) is 25.7 Å². The van der Waals surface area contributed by atoms with Gasteiger partial charge in [0.1, 0.15) is 0 Å². The number of ether oxygens (including phenoxy) is 1. The number of nitrogens with zero attached hydrogens (tertiary/aromatic N) is 3. The summed E-state index contributed by atoms with van der Waals surface area (Å²) in [5.74, 6) is -0.308. The van der Waals surface area contributed by atoms with Gasteiger partial charge in [-0.1, -0.05) is 0 Å². The minimum atomic E-state index is -4.52. The van der Waals surface area contributed by atoms with E-state index in [1.165, 1.54) is 17.1 Å². The van der Waals surface area contributed by atoms with Crippen molar-refractivity contribution in [3.63, 3.8) is 0 Å². The van der Waals surface area contributed by atoms with Gasteiger partial charge in [-0.25, -0.2) is 0 Å². The summed E-state index contributed by atoms with van der Waals surface area (Å²) in [6, 6.07) is 3.12. The normalized spacial score (nSPS) is 14.3. The van der Waals surface area contributed by atoms with Crippen LogP contribution in [0.25, 0.3) is 0 Å². The number of aromatic nitrogens is 3. The van der Waals surface area contributed by atoms with Gasteiger partial charge in [-0.2, -0.15) is 18.3 Å². The highest BCUT2D eigenvalue weighted by molar-refractivity contribution is 5.93. The fraction of sp³-hybridized carbons (Fsp3) is 0.400. The first kappa shape index (κ1) is 16.4. The standard InChI is InChI=1S/C15H15F3N4O2/c16-15(17,18)13-11-9-24-8-3-12(11)22(21-13)7-6-20-14(23)10-1-4-19-5-2-10/h1-2,4-5H,3,6-9H2,(H,20,23). The summed E-state index contributed by atoms with van der Waals surface area (Å²) in [5.41, 5.74) is 0.149. The van der Waals surface area contributed by atoms with Crippen LogP contribution in [0.3, 0.4) is 0 Å². The third kappa shape index (κ3) is 3.40. The summed E-state index contributed by atoms with van der Waals surface area (Å²) >= 11 is 0. The lowest BCUT2D eigenvalue weighted by molar-refractivity contribution is -0.142. The first-order valence-electron chi connectivity index (χ1n) is 7.38. The van der Waals surface area contributed by atoms with Gasteiger partial charge < -0.3 is 10.1 Å². The molecule has 9 heteroatoms. The van der Waals surface area contributed by atoms with Crippen LogP contribution in [-0.2, 0) is 30.5 Å². The zero-order valence-electron chi connectivity index (χ0n) is 12.6. The largest absolute Gasteiger partial charge is 0.435 e. The monoisotopic (exact) mass is 340 g/mol. The predicted octanol–water partition coefficient (Wildman–Crippen LogP) is 1.80. The fourth-order valence-electron chi connectivity index (χ4n) is 2.60. The van der Waals surface area contributed by atoms with Crippen molar-refractivity contribution in [3.05, 3.63) is 47.0 Å². The van der Waals surface area contributed by atoms with E-state index in [1.54, 1.807) is 12.1 Å². The Labute approximate surface area is 135 Å². The lowest BCUT2D eigenvalue weighted by atomic mass is 10.1. The Hall–Kier alpha value is -2.42. The van der Waals surface area contributed by atoms with Gasteiger partial charge in [0.15, 0.2) is 5.69 Å². The Bertz CT molecular complexity index is 728. The number of carbonyl (C=O) groups excluding carboxylic acids is 1. The molecule has 6 nitrogen and oxygen atoms in total. The van der Waals surface area contributed by atoms with Crippen LogP contribution in [0.5, 0.6) is 0 Å². The minimum absolute atomic E-state index is 0.0897. The molecular formula is C15H15F3N4O2. The number of hydrogen-bond donors (Lipinski definition) is 1. The Morgan fingerprint density at radius 3 is 2.79 bits per heavy atom. The average molecular weight is 340 g/mol. The third-order valence-corrected chi connectivity index (χ3v) is 3.72. The molecule has 0 spiro atoms. The third-order valence-electron chi connectivity index (χ3n) is 3.72. The molecule has 0 saturated heterocycles. The van der Waals surface area contributed by atoms with E-state index < -0.39 is 11.9 Å². The zero-order chi connectivity index (χ0) is 17.2. The van der Waals surface area contributed by atoms with Crippen molar-refractivity contribution in [2.75, 3.05) is 13.2 Å². The summed E-state index contributed by atoms with van der Waals surface area (Å²) in [7, 11) is 0. The van der Waals surface area contributed by atoms with Crippen LogP contribution >= 0.6 is 0 Å². The second kappa shape index (κ2) is 6.60. The summed E-state index contributed by atoms with van der Waals surface area (Å²) in [6.07, 6.45) is -1.16. The van der Waals surface area contributed by atoms with Crippen LogP contribution in [0.4, 0.5) is 13.2 Å². The summed E-state index contributed by atoms with van der Waals surface area (Å²) in [4.78, 5) is 15.7. The van der Waals surface area contributed by atoms with Crippen LogP contribution < -0.4 is 5.32 Å². The van der Waals surface area contributed by atoms with Gasteiger partial charge in [0.05, 0.1) is 19.8 Å². The van der Waals surface area contributed by atoms with Gasteiger partial charge in [-0.05, 0) is 12.1 Å². The highest BCUT2D eigenvalue weighted by Gasteiger charge is 2.39. The van der Waals surface area contributed by atoms with Gasteiger partial charge in [0.2, 0.25) is 0 Å². The number of nitrogens with one attached hydrogen (secondary N) is 1. The molecule has 0 saturated carbocycles. The number of carbonyl (C=O) groups is 1. The molecule has 0 aromatic carbocycles. The molecule has 1 aliphatic heterocycles. The summed E-state index contributed by atoms with van der Waals surface area (Å²) in [6.45, 7) is 0.607. The Morgan fingerprint density at radius 2 is 2.08 bits per heavy atom. The SMILES string of the molecule is O=C(NCCn1nc(C(F)(F)F)c2c1CCOC2)c1ccncc1. The molecule has 0 fully saturated rings. The number of alkyl halides is 3. The smallest absolute Gasteiger partial charge is 0.376 e. The second-order valence-corrected chi connectivity index (χ2v) is 5.29. The minimum Gasteiger partial charge on any atom is -0.376 e. The van der Waals surface area contributed by atoms with Crippen molar-refractivity contribution in [2.24, 2.45) is 0 Å². The molecule has 0 aliphatic carbocycles. The average Bonchev–Trinajstić information content (AvgIpc) is 2.95. The predicted molar refractivity (Wildman–Crippen MR) is 77.2 cm³/mol. The van der Waals surface area contributed by atoms with E-state index >= 15 is 0 Å². The highest BCUT2D eigenvalue weighted by Crippen LogP contribution is 2.34. The van der Waals surface area contributed by atoms with Gasteiger partial charge in [0, 0.05) is 42.2 Å². The lowest BCUT2D eigenvalue weighted by Crippen LogP contribution is -2.28. The molecule has 0 atom stereocenters. The number of halogens is 3. The van der Waals surface area contributed by atoms with Crippen LogP contribution in [0.15, 0.2) is 24.5 Å². The molecular weight excluding hydrogens is 325 g/mol. The van der Waals surface area contributed by atoms with E-state index in [2.05, 4.69) is 15.4 Å². The quantitative estimate of drug-likeness (QED) is 0.921. The second-order valence-electron chi connectivity index (χ2n) is 5.29. The van der Waals surface area contributed by atoms with Crippen molar-refractivity contribution in [3.8, 4) is 0 Å². The number of fused-ring (bicyclic) bond motifs is 1. The molecule has 2 aromatic rings. The van der Waals surface area contributed by atoms with Crippen LogP contribution in [-0.4, -0.2) is 33.8 Å². The molecule has 1 aliphatic rings. The molecule has 3 heterocycles. The molecule has 3 rings (SSSR count). The Kier molecular flexibility index (Phi) is 4.52. The lowest BCUT2D eigenvalue weighted by Gasteiger charge is -2.15. The first-order valence-corrected chi connectivity index (χ1v) is 7.38. The van der Waals surface area contributed by atoms with Crippen LogP contribution in [0.1, 0.15) is 27.3 Å². The molecule has 24 heavy (non-hydrogen) atoms. The van der Waals surface area contributed by atoms with E-state index in [4.69, 9.17) is 4.74 Å². The van der Waals surface area contributed by atoms with E-state index in [0.717, 1.165) is 0 Å². The maximum atomic E-state index is 13.1. The molecule has 0 unspecified atom stereocenters. The highest BCUT2D eigenvalue weighted by atomic mass is 19.4. The molecule has 0 radical (unpaired) electrons. The van der Waals surface area contributed by atoms with Gasteiger partial charge >= 0.3 is 6.18 Å². The molecule has 0 bridgehead atoms. The van der Waals surface area contributed by atoms with Crippen molar-refractivity contribution < 1.29 is 22.7 Å². The first-order chi connectivity index (χ1) is 11.5. The number of hydrogen-bond acceptors (Lipinski definition) is 4. The van der Waals surface area contributed by atoms with E-state index in [9.17, 15) is 18.0 Å². The molecule has 1 amide bonds. The Morgan fingerprint density at radius 1 is 1.33 bits per heavy atom. The van der Waals surface area contributed by atoms with Gasteiger partial charge in [-0.3, -0.25) is 14.5 Å². The maximum Gasteiger partial charge on any atom is 0.435 e. The molecule has 2 aromatic heterocycles. The van der Waals surface area contributed by atoms with E-state index in [0.29, 0.717) is 24.3 Å². The number of rotatable bonds is 4. The van der Waals surface area contributed by atoms with Gasteiger partial charge in [0.25, 0.3) is 5.91 Å². The fourth-order valence-corrected chi connectivity index (χ4v) is 2.60. The van der Waals surface area contributed by atoms with Gasteiger partial charge in [-0.15, -0.1) is 0 Å². The molecule has 128 valence electrons. The topological polar surface area (TPSA) is 69.0 Å². The van der Waals surface area contributed by atoms with Crippen molar-refractivity contribution >= 4 is 5.91 Å². The number of pyridine rings is 1. The zero-order valence-corrected chi connectivity index (χ0v) is 12.6. The summed E-state index contributed by atoms with van der Waals surface area (Å²) < 4.78 is 45.6. The van der Waals surface area contributed by atoms with Crippen molar-refractivity contribution in [1.82, 2.24) is 20.1 Å². The Balaban J connectivity index is 1.69. The maximum absolute atomic E-state index is 13.1. The molecule has 1 N–H and O–H groups in total. The van der Waals surface area contributed by atoms with Crippen LogP contribution in [0.2, 0.25) is 0 Å². The summed E-state index contributed by atoms with van der Waals surface area (Å²) in [5, 5.41) is 6.35.